The molecule has 1 heterocycles. The fraction of sp³-hybridized carbons (Fsp3) is 0.667. The Hall–Kier alpha value is -0.860. The lowest BCUT2D eigenvalue weighted by Gasteiger charge is -2.35. The van der Waals surface area contributed by atoms with E-state index in [1.165, 1.54) is 42.6 Å². The highest BCUT2D eigenvalue weighted by atomic mass is 15.1. The van der Waals surface area contributed by atoms with Crippen LogP contribution in [0.5, 0.6) is 0 Å². The number of likely N-dealkylation sites (tertiary alicyclic amines) is 1. The minimum atomic E-state index is 0.429. The van der Waals surface area contributed by atoms with Crippen molar-refractivity contribution in [2.24, 2.45) is 5.92 Å². The van der Waals surface area contributed by atoms with Crippen LogP contribution in [0.2, 0.25) is 0 Å². The predicted octanol–water partition coefficient (Wildman–Crippen LogP) is 3.68. The maximum atomic E-state index is 3.82. The highest BCUT2D eigenvalue weighted by Crippen LogP contribution is 2.23. The molecule has 1 aliphatic rings. The molecule has 0 aromatic heterocycles. The summed E-state index contributed by atoms with van der Waals surface area (Å²) in [6, 6.07) is 7.79. The van der Waals surface area contributed by atoms with Crippen molar-refractivity contribution < 1.29 is 0 Å². The molecule has 1 aliphatic heterocycles. The third-order valence-corrected chi connectivity index (χ3v) is 4.77. The van der Waals surface area contributed by atoms with Gasteiger partial charge in [0.05, 0.1) is 0 Å². The molecule has 2 heteroatoms. The molecule has 1 fully saturated rings. The van der Waals surface area contributed by atoms with E-state index < -0.39 is 0 Å². The fourth-order valence-electron chi connectivity index (χ4n) is 3.55. The summed E-state index contributed by atoms with van der Waals surface area (Å²) in [6.45, 7) is 11.5. The molecule has 3 unspecified atom stereocenters. The average Bonchev–Trinajstić information content (AvgIpc) is 2.38. The first-order valence-corrected chi connectivity index (χ1v) is 7.99. The summed E-state index contributed by atoms with van der Waals surface area (Å²) in [5.41, 5.74) is 4.19. The second kappa shape index (κ2) is 6.73. The third-order valence-electron chi connectivity index (χ3n) is 4.77. The fourth-order valence-corrected chi connectivity index (χ4v) is 3.55. The van der Waals surface area contributed by atoms with Gasteiger partial charge >= 0.3 is 0 Å². The number of rotatable bonds is 4. The number of piperidine rings is 1. The van der Waals surface area contributed by atoms with E-state index in [0.717, 1.165) is 5.92 Å². The van der Waals surface area contributed by atoms with E-state index in [2.05, 4.69) is 63.2 Å². The molecule has 112 valence electrons. The van der Waals surface area contributed by atoms with Crippen LogP contribution in [0.25, 0.3) is 0 Å². The van der Waals surface area contributed by atoms with Crippen LogP contribution in [0.15, 0.2) is 18.2 Å². The van der Waals surface area contributed by atoms with Crippen molar-refractivity contribution in [2.45, 2.75) is 52.6 Å². The van der Waals surface area contributed by atoms with Crippen molar-refractivity contribution in [2.75, 3.05) is 20.1 Å². The number of hydrogen-bond donors (Lipinski definition) is 1. The van der Waals surface area contributed by atoms with Gasteiger partial charge in [0.2, 0.25) is 0 Å². The van der Waals surface area contributed by atoms with E-state index in [-0.39, 0.29) is 0 Å². The van der Waals surface area contributed by atoms with E-state index in [1.807, 2.05) is 0 Å². The second-order valence-corrected chi connectivity index (χ2v) is 6.70. The zero-order chi connectivity index (χ0) is 14.7. The van der Waals surface area contributed by atoms with Gasteiger partial charge in [0, 0.05) is 18.6 Å². The van der Waals surface area contributed by atoms with Gasteiger partial charge in [0.25, 0.3) is 0 Å². The van der Waals surface area contributed by atoms with Crippen LogP contribution >= 0.6 is 0 Å². The first-order chi connectivity index (χ1) is 9.47. The van der Waals surface area contributed by atoms with E-state index >= 15 is 0 Å². The maximum absolute atomic E-state index is 3.82. The average molecular weight is 274 g/mol. The first kappa shape index (κ1) is 15.5. The summed E-state index contributed by atoms with van der Waals surface area (Å²) in [5.74, 6) is 0.780. The van der Waals surface area contributed by atoms with Crippen LogP contribution in [-0.4, -0.2) is 31.1 Å². The molecule has 0 spiro atoms. The van der Waals surface area contributed by atoms with Gasteiger partial charge < -0.3 is 10.2 Å². The predicted molar refractivity (Wildman–Crippen MR) is 87.1 cm³/mol. The van der Waals surface area contributed by atoms with Crippen molar-refractivity contribution in [1.82, 2.24) is 10.2 Å². The van der Waals surface area contributed by atoms with Gasteiger partial charge in [-0.15, -0.1) is 0 Å². The number of nitrogens with zero attached hydrogens (tertiary/aromatic N) is 1. The summed E-state index contributed by atoms with van der Waals surface area (Å²) < 4.78 is 0. The molecule has 1 aromatic rings. The lowest BCUT2D eigenvalue weighted by molar-refractivity contribution is 0.174. The smallest absolute Gasteiger partial charge is 0.0296 e. The Bertz CT molecular complexity index is 441. The summed E-state index contributed by atoms with van der Waals surface area (Å²) in [7, 11) is 2.24. The number of nitrogens with one attached hydrogen (secondary N) is 1. The van der Waals surface area contributed by atoms with Gasteiger partial charge in [-0.25, -0.2) is 0 Å². The number of hydrogen-bond acceptors (Lipinski definition) is 2. The normalized spacial score (nSPS) is 23.6. The zero-order valence-electron chi connectivity index (χ0n) is 13.7. The van der Waals surface area contributed by atoms with Gasteiger partial charge in [-0.3, -0.25) is 0 Å². The van der Waals surface area contributed by atoms with Gasteiger partial charge in [-0.05, 0) is 71.2 Å². The quantitative estimate of drug-likeness (QED) is 0.901. The van der Waals surface area contributed by atoms with E-state index in [4.69, 9.17) is 0 Å². The Morgan fingerprint density at radius 3 is 2.65 bits per heavy atom. The van der Waals surface area contributed by atoms with Gasteiger partial charge in [0.15, 0.2) is 0 Å². The Balaban J connectivity index is 1.97. The molecule has 0 aliphatic carbocycles. The molecular weight excluding hydrogens is 244 g/mol. The van der Waals surface area contributed by atoms with Gasteiger partial charge in [0.1, 0.15) is 0 Å². The number of benzene rings is 1. The topological polar surface area (TPSA) is 15.3 Å². The van der Waals surface area contributed by atoms with Crippen LogP contribution in [0.4, 0.5) is 0 Å². The summed E-state index contributed by atoms with van der Waals surface area (Å²) in [5, 5.41) is 3.82. The maximum Gasteiger partial charge on any atom is 0.0296 e. The highest BCUT2D eigenvalue weighted by Gasteiger charge is 2.24. The number of aryl methyl sites for hydroxylation is 2. The van der Waals surface area contributed by atoms with Crippen LogP contribution in [0, 0.1) is 19.8 Å². The molecule has 2 nitrogen and oxygen atoms in total. The first-order valence-electron chi connectivity index (χ1n) is 7.99. The van der Waals surface area contributed by atoms with Crippen molar-refractivity contribution in [3.63, 3.8) is 0 Å². The van der Waals surface area contributed by atoms with Gasteiger partial charge in [-0.2, -0.15) is 0 Å². The summed E-state index contributed by atoms with van der Waals surface area (Å²) >= 11 is 0. The lowest BCUT2D eigenvalue weighted by atomic mass is 9.90. The third kappa shape index (κ3) is 3.83. The minimum Gasteiger partial charge on any atom is -0.307 e. The van der Waals surface area contributed by atoms with Crippen molar-refractivity contribution in [3.8, 4) is 0 Å². The lowest BCUT2D eigenvalue weighted by Crippen LogP contribution is -2.43. The van der Waals surface area contributed by atoms with E-state index in [0.29, 0.717) is 12.1 Å². The van der Waals surface area contributed by atoms with Crippen molar-refractivity contribution >= 4 is 0 Å². The highest BCUT2D eigenvalue weighted by molar-refractivity contribution is 5.32. The van der Waals surface area contributed by atoms with Crippen LogP contribution in [0.1, 0.15) is 49.4 Å². The van der Waals surface area contributed by atoms with Crippen molar-refractivity contribution in [1.29, 1.82) is 0 Å². The van der Waals surface area contributed by atoms with Crippen LogP contribution in [0.3, 0.4) is 0 Å². The molecule has 20 heavy (non-hydrogen) atoms. The molecular formula is C18H30N2. The Morgan fingerprint density at radius 2 is 2.00 bits per heavy atom. The Labute approximate surface area is 124 Å². The molecule has 0 saturated carbocycles. The summed E-state index contributed by atoms with van der Waals surface area (Å²) in [4.78, 5) is 2.47. The molecule has 2 rings (SSSR count). The summed E-state index contributed by atoms with van der Waals surface area (Å²) in [6.07, 6.45) is 2.70. The molecule has 0 radical (unpaired) electrons. The van der Waals surface area contributed by atoms with Crippen LogP contribution in [-0.2, 0) is 0 Å². The molecule has 1 aromatic carbocycles. The largest absolute Gasteiger partial charge is 0.307 e. The van der Waals surface area contributed by atoms with Gasteiger partial charge in [-0.1, -0.05) is 23.8 Å². The van der Waals surface area contributed by atoms with Crippen molar-refractivity contribution in [3.05, 3.63) is 34.9 Å². The SMILES string of the molecule is Cc1ccc(C(C)NC(C)C2CCCN(C)C2)c(C)c1. The second-order valence-electron chi connectivity index (χ2n) is 6.70. The minimum absolute atomic E-state index is 0.429. The Kier molecular flexibility index (Phi) is 5.22. The standard InChI is InChI=1S/C18H30N2/c1-13-8-9-18(14(2)11-13)16(4)19-15(3)17-7-6-10-20(5)12-17/h8-9,11,15-17,19H,6-7,10,12H2,1-5H3. The molecule has 3 atom stereocenters. The zero-order valence-corrected chi connectivity index (χ0v) is 13.7. The molecule has 1 N–H and O–H groups in total. The Morgan fingerprint density at radius 1 is 1.25 bits per heavy atom. The van der Waals surface area contributed by atoms with Crippen LogP contribution < -0.4 is 5.32 Å². The molecule has 0 bridgehead atoms. The van der Waals surface area contributed by atoms with E-state index in [9.17, 15) is 0 Å². The molecule has 0 amide bonds. The molecule has 1 saturated heterocycles. The monoisotopic (exact) mass is 274 g/mol. The van der Waals surface area contributed by atoms with E-state index in [1.54, 1.807) is 0 Å².